The number of urea groups is 1. The first kappa shape index (κ1) is 15.9. The van der Waals surface area contributed by atoms with Crippen LogP contribution in [-0.2, 0) is 20.0 Å². The minimum Gasteiger partial charge on any atom is -0.331 e. The zero-order valence-electron chi connectivity index (χ0n) is 13.7. The summed E-state index contributed by atoms with van der Waals surface area (Å²) in [6.07, 6.45) is 0.833. The summed E-state index contributed by atoms with van der Waals surface area (Å²) in [6.45, 7) is 8.09. The van der Waals surface area contributed by atoms with Crippen molar-refractivity contribution in [2.45, 2.75) is 40.7 Å². The lowest BCUT2D eigenvalue weighted by Crippen LogP contribution is -2.30. The van der Waals surface area contributed by atoms with E-state index in [0.29, 0.717) is 11.6 Å². The molecule has 0 saturated heterocycles. The van der Waals surface area contributed by atoms with E-state index in [0.717, 1.165) is 29.1 Å². The van der Waals surface area contributed by atoms with Gasteiger partial charge in [0.2, 0.25) is 0 Å². The fourth-order valence-corrected chi connectivity index (χ4v) is 2.39. The van der Waals surface area contributed by atoms with Crippen LogP contribution >= 0.6 is 0 Å². The Kier molecular flexibility index (Phi) is 4.75. The number of hydrogen-bond donors (Lipinski definition) is 2. The fourth-order valence-electron chi connectivity index (χ4n) is 2.39. The van der Waals surface area contributed by atoms with Gasteiger partial charge in [-0.15, -0.1) is 0 Å². The van der Waals surface area contributed by atoms with Crippen LogP contribution in [-0.4, -0.2) is 25.8 Å². The van der Waals surface area contributed by atoms with Crippen molar-refractivity contribution >= 4 is 11.8 Å². The van der Waals surface area contributed by atoms with Crippen molar-refractivity contribution in [2.24, 2.45) is 7.05 Å². The number of carbonyl (C=O) groups is 1. The van der Waals surface area contributed by atoms with Crippen LogP contribution < -0.4 is 10.6 Å². The predicted octanol–water partition coefficient (Wildman–Crippen LogP) is 2.02. The van der Waals surface area contributed by atoms with E-state index in [1.165, 1.54) is 0 Å². The van der Waals surface area contributed by atoms with Gasteiger partial charge in [0.25, 0.3) is 0 Å². The number of rotatable bonds is 4. The van der Waals surface area contributed by atoms with Gasteiger partial charge in [-0.2, -0.15) is 5.10 Å². The summed E-state index contributed by atoms with van der Waals surface area (Å²) in [5, 5.41) is 9.97. The molecule has 0 aliphatic carbocycles. The number of nitrogens with one attached hydrogen (secondary N) is 2. The molecule has 118 valence electrons. The Balaban J connectivity index is 2.00. The second-order valence-corrected chi connectivity index (χ2v) is 5.27. The molecule has 0 fully saturated rings. The van der Waals surface area contributed by atoms with Crippen molar-refractivity contribution in [1.82, 2.24) is 25.1 Å². The molecule has 2 amide bonds. The Hall–Kier alpha value is -2.44. The quantitative estimate of drug-likeness (QED) is 0.905. The highest BCUT2D eigenvalue weighted by atomic mass is 16.2. The average molecular weight is 302 g/mol. The number of amides is 2. The lowest BCUT2D eigenvalue weighted by molar-refractivity contribution is 0.251. The van der Waals surface area contributed by atoms with Gasteiger partial charge in [-0.25, -0.2) is 14.8 Å². The molecular formula is C15H22N6O. The molecule has 22 heavy (non-hydrogen) atoms. The zero-order valence-corrected chi connectivity index (χ0v) is 13.7. The van der Waals surface area contributed by atoms with Crippen molar-refractivity contribution < 1.29 is 4.79 Å². The second kappa shape index (κ2) is 6.55. The highest BCUT2D eigenvalue weighted by Gasteiger charge is 2.13. The predicted molar refractivity (Wildman–Crippen MR) is 84.7 cm³/mol. The Bertz CT molecular complexity index is 671. The van der Waals surface area contributed by atoms with E-state index >= 15 is 0 Å². The monoisotopic (exact) mass is 302 g/mol. The number of aromatic nitrogens is 4. The van der Waals surface area contributed by atoms with Crippen LogP contribution in [0.4, 0.5) is 10.6 Å². The summed E-state index contributed by atoms with van der Waals surface area (Å²) in [6, 6.07) is 1.60. The molecule has 2 aromatic rings. The average Bonchev–Trinajstić information content (AvgIpc) is 2.71. The van der Waals surface area contributed by atoms with E-state index in [1.54, 1.807) is 4.68 Å². The third-order valence-corrected chi connectivity index (χ3v) is 3.38. The maximum absolute atomic E-state index is 12.0. The number of nitrogens with zero attached hydrogens (tertiary/aromatic N) is 4. The topological polar surface area (TPSA) is 84.7 Å². The number of anilines is 1. The van der Waals surface area contributed by atoms with Crippen LogP contribution in [0.25, 0.3) is 0 Å². The van der Waals surface area contributed by atoms with Gasteiger partial charge in [-0.1, -0.05) is 6.92 Å². The fraction of sp³-hybridized carbons (Fsp3) is 0.467. The third kappa shape index (κ3) is 3.60. The van der Waals surface area contributed by atoms with Crippen LogP contribution in [0, 0.1) is 20.8 Å². The molecule has 7 nitrogen and oxygen atoms in total. The lowest BCUT2D eigenvalue weighted by atomic mass is 10.2. The summed E-state index contributed by atoms with van der Waals surface area (Å²) >= 11 is 0. The molecule has 0 bridgehead atoms. The van der Waals surface area contributed by atoms with Crippen molar-refractivity contribution in [2.75, 3.05) is 5.32 Å². The van der Waals surface area contributed by atoms with E-state index in [9.17, 15) is 4.79 Å². The first-order valence-electron chi connectivity index (χ1n) is 7.29. The minimum atomic E-state index is -0.295. The van der Waals surface area contributed by atoms with Crippen molar-refractivity contribution in [1.29, 1.82) is 0 Å². The van der Waals surface area contributed by atoms with Gasteiger partial charge in [0, 0.05) is 24.0 Å². The molecule has 2 rings (SSSR count). The van der Waals surface area contributed by atoms with Gasteiger partial charge in [0.05, 0.1) is 12.2 Å². The van der Waals surface area contributed by atoms with E-state index in [4.69, 9.17) is 0 Å². The molecule has 0 aliphatic heterocycles. The van der Waals surface area contributed by atoms with Gasteiger partial charge in [0.1, 0.15) is 11.6 Å². The molecule has 0 unspecified atom stereocenters. The third-order valence-electron chi connectivity index (χ3n) is 3.38. The first-order chi connectivity index (χ1) is 10.4. The summed E-state index contributed by atoms with van der Waals surface area (Å²) in [4.78, 5) is 20.6. The zero-order chi connectivity index (χ0) is 16.3. The molecule has 0 aromatic carbocycles. The first-order valence-corrected chi connectivity index (χ1v) is 7.29. The molecule has 0 saturated carbocycles. The Labute approximate surface area is 130 Å². The van der Waals surface area contributed by atoms with Crippen LogP contribution in [0.3, 0.4) is 0 Å². The van der Waals surface area contributed by atoms with Gasteiger partial charge < -0.3 is 5.32 Å². The lowest BCUT2D eigenvalue weighted by Gasteiger charge is -2.09. The Morgan fingerprint density at radius 3 is 2.41 bits per heavy atom. The number of aryl methyl sites for hydroxylation is 4. The summed E-state index contributed by atoms with van der Waals surface area (Å²) in [7, 11) is 1.81. The molecule has 2 aromatic heterocycles. The van der Waals surface area contributed by atoms with E-state index in [2.05, 4.69) is 25.7 Å². The number of hydrogen-bond acceptors (Lipinski definition) is 4. The molecule has 7 heteroatoms. The summed E-state index contributed by atoms with van der Waals surface area (Å²) in [5.41, 5.74) is 3.75. The van der Waals surface area contributed by atoms with Crippen molar-refractivity contribution in [3.63, 3.8) is 0 Å². The molecule has 0 radical (unpaired) electrons. The largest absolute Gasteiger partial charge is 0.331 e. The highest BCUT2D eigenvalue weighted by Crippen LogP contribution is 2.18. The number of carbonyl (C=O) groups excluding carboxylic acids is 1. The van der Waals surface area contributed by atoms with Gasteiger partial charge in [0.15, 0.2) is 0 Å². The summed E-state index contributed by atoms with van der Waals surface area (Å²) < 4.78 is 1.68. The van der Waals surface area contributed by atoms with Gasteiger partial charge >= 0.3 is 6.03 Å². The van der Waals surface area contributed by atoms with Crippen LogP contribution in [0.2, 0.25) is 0 Å². The van der Waals surface area contributed by atoms with Crippen LogP contribution in [0.1, 0.15) is 35.4 Å². The SMILES string of the molecule is CCc1nn(C)c(NC(=O)NCc2nc(C)cc(C)n2)c1C. The normalized spacial score (nSPS) is 10.6. The second-order valence-electron chi connectivity index (χ2n) is 5.27. The smallest absolute Gasteiger partial charge is 0.320 e. The Morgan fingerprint density at radius 2 is 1.86 bits per heavy atom. The Morgan fingerprint density at radius 1 is 1.23 bits per heavy atom. The van der Waals surface area contributed by atoms with E-state index in [-0.39, 0.29) is 12.6 Å². The van der Waals surface area contributed by atoms with Gasteiger partial charge in [-0.3, -0.25) is 10.00 Å². The van der Waals surface area contributed by atoms with Gasteiger partial charge in [-0.05, 0) is 33.3 Å². The van der Waals surface area contributed by atoms with Crippen molar-refractivity contribution in [3.8, 4) is 0 Å². The highest BCUT2D eigenvalue weighted by molar-refractivity contribution is 5.89. The summed E-state index contributed by atoms with van der Waals surface area (Å²) in [5.74, 6) is 1.30. The minimum absolute atomic E-state index is 0.284. The molecule has 2 heterocycles. The van der Waals surface area contributed by atoms with E-state index in [1.807, 2.05) is 40.8 Å². The maximum Gasteiger partial charge on any atom is 0.320 e. The standard InChI is InChI=1S/C15H22N6O/c1-6-12-11(4)14(21(5)20-12)19-15(22)16-8-13-17-9(2)7-10(3)18-13/h7H,6,8H2,1-5H3,(H2,16,19,22). The van der Waals surface area contributed by atoms with Crippen LogP contribution in [0.5, 0.6) is 0 Å². The maximum atomic E-state index is 12.0. The van der Waals surface area contributed by atoms with Crippen molar-refractivity contribution in [3.05, 3.63) is 34.5 Å². The molecule has 0 spiro atoms. The molecule has 0 atom stereocenters. The van der Waals surface area contributed by atoms with E-state index < -0.39 is 0 Å². The van der Waals surface area contributed by atoms with Crippen LogP contribution in [0.15, 0.2) is 6.07 Å². The molecule has 2 N–H and O–H groups in total. The molecular weight excluding hydrogens is 280 g/mol. The molecule has 0 aliphatic rings.